The molecule has 4 heterocycles. The summed E-state index contributed by atoms with van der Waals surface area (Å²) in [6.07, 6.45) is 6.21. The van der Waals surface area contributed by atoms with E-state index in [0.717, 1.165) is 118 Å². The summed E-state index contributed by atoms with van der Waals surface area (Å²) >= 11 is 0. The molecule has 6 nitrogen and oxygen atoms in total. The van der Waals surface area contributed by atoms with E-state index in [0.29, 0.717) is 17.5 Å². The van der Waals surface area contributed by atoms with Gasteiger partial charge in [-0.25, -0.2) is 15.0 Å². The SMILES string of the molecule is C1=Cc2c(oc3c(-c4nc(-c5ccc6ccccc6c5)nc(-c5cccc6oc7c(-c8cccc9oc%10ccccc%10c89)cccc7c56)n4)cccc23)CC1. The number of para-hydroxylation sites is 3. The van der Waals surface area contributed by atoms with Crippen LogP contribution in [-0.4, -0.2) is 15.0 Å². The molecule has 0 unspecified atom stereocenters. The molecule has 11 aromatic rings. The first-order valence-corrected chi connectivity index (χ1v) is 18.6. The van der Waals surface area contributed by atoms with Crippen LogP contribution >= 0.6 is 0 Å². The van der Waals surface area contributed by atoms with Crippen molar-refractivity contribution in [2.45, 2.75) is 12.8 Å². The summed E-state index contributed by atoms with van der Waals surface area (Å²) in [5.74, 6) is 2.70. The molecule has 55 heavy (non-hydrogen) atoms. The Morgan fingerprint density at radius 1 is 0.436 bits per heavy atom. The van der Waals surface area contributed by atoms with Gasteiger partial charge in [0.2, 0.25) is 0 Å². The first-order valence-electron chi connectivity index (χ1n) is 18.6. The Hall–Kier alpha value is -7.31. The maximum Gasteiger partial charge on any atom is 0.167 e. The van der Waals surface area contributed by atoms with Gasteiger partial charge in [0.15, 0.2) is 17.5 Å². The lowest BCUT2D eigenvalue weighted by Gasteiger charge is -2.10. The second-order valence-electron chi connectivity index (χ2n) is 14.2. The monoisotopic (exact) mass is 707 g/mol. The molecule has 0 fully saturated rings. The van der Waals surface area contributed by atoms with Crippen molar-refractivity contribution in [3.05, 3.63) is 157 Å². The first-order chi connectivity index (χ1) is 27.2. The standard InChI is InChI=1S/C49H29N3O3/c1-2-12-29-27-30(26-25-28(29)11-1)47-50-48(52-49(51-47)38-20-8-16-33-31-13-3-5-21-39(31)54-46(33)38)37-19-10-24-42-44(37)36-18-7-17-34(45(36)55-42)32-15-9-23-41-43(32)35-14-4-6-22-40(35)53-41/h1-4,6-20,22-27H,5,21H2. The molecule has 12 rings (SSSR count). The zero-order chi connectivity index (χ0) is 36.0. The van der Waals surface area contributed by atoms with Gasteiger partial charge in [-0.2, -0.15) is 0 Å². The highest BCUT2D eigenvalue weighted by Crippen LogP contribution is 2.44. The van der Waals surface area contributed by atoms with E-state index in [-0.39, 0.29) is 0 Å². The summed E-state index contributed by atoms with van der Waals surface area (Å²) in [7, 11) is 0. The average Bonchev–Trinajstić information content (AvgIpc) is 3.95. The van der Waals surface area contributed by atoms with Crippen molar-refractivity contribution in [3.63, 3.8) is 0 Å². The van der Waals surface area contributed by atoms with Crippen molar-refractivity contribution < 1.29 is 13.3 Å². The molecule has 0 saturated heterocycles. The van der Waals surface area contributed by atoms with E-state index in [1.807, 2.05) is 42.5 Å². The molecular formula is C49H29N3O3. The fourth-order valence-electron chi connectivity index (χ4n) is 8.47. The Bertz CT molecular complexity index is 3400. The fraction of sp³-hybridized carbons (Fsp3) is 0.0408. The summed E-state index contributed by atoms with van der Waals surface area (Å²) in [5.41, 5.74) is 9.83. The third-order valence-electron chi connectivity index (χ3n) is 11.0. The number of aromatic nitrogens is 3. The van der Waals surface area contributed by atoms with E-state index in [1.54, 1.807) is 0 Å². The van der Waals surface area contributed by atoms with Crippen molar-refractivity contribution in [2.24, 2.45) is 0 Å². The van der Waals surface area contributed by atoms with Crippen LogP contribution in [0.3, 0.4) is 0 Å². The van der Waals surface area contributed by atoms with E-state index < -0.39 is 0 Å². The number of aryl methyl sites for hydroxylation is 1. The molecule has 0 aliphatic heterocycles. The molecule has 1 aliphatic rings. The summed E-state index contributed by atoms with van der Waals surface area (Å²) < 4.78 is 19.6. The smallest absolute Gasteiger partial charge is 0.167 e. The van der Waals surface area contributed by atoms with E-state index in [9.17, 15) is 0 Å². The van der Waals surface area contributed by atoms with Gasteiger partial charge in [0.25, 0.3) is 0 Å². The van der Waals surface area contributed by atoms with E-state index in [4.69, 9.17) is 28.2 Å². The molecule has 0 N–H and O–H groups in total. The molecule has 4 aromatic heterocycles. The van der Waals surface area contributed by atoms with Crippen LogP contribution < -0.4 is 0 Å². The molecule has 0 spiro atoms. The van der Waals surface area contributed by atoms with E-state index in [1.165, 1.54) is 0 Å². The molecule has 0 radical (unpaired) electrons. The van der Waals surface area contributed by atoms with Crippen LogP contribution in [0.15, 0.2) is 159 Å². The topological polar surface area (TPSA) is 78.1 Å². The molecule has 6 heteroatoms. The second kappa shape index (κ2) is 11.6. The van der Waals surface area contributed by atoms with Crippen molar-refractivity contribution in [2.75, 3.05) is 0 Å². The minimum absolute atomic E-state index is 0.554. The summed E-state index contributed by atoms with van der Waals surface area (Å²) in [6, 6.07) is 47.8. The van der Waals surface area contributed by atoms with Crippen LogP contribution in [0.25, 0.3) is 117 Å². The Morgan fingerprint density at radius 2 is 1.07 bits per heavy atom. The molecule has 258 valence electrons. The molecule has 0 atom stereocenters. The van der Waals surface area contributed by atoms with Gasteiger partial charge >= 0.3 is 0 Å². The van der Waals surface area contributed by atoms with Crippen LogP contribution in [0.1, 0.15) is 17.7 Å². The van der Waals surface area contributed by atoms with Gasteiger partial charge in [0.1, 0.15) is 33.7 Å². The van der Waals surface area contributed by atoms with Gasteiger partial charge in [-0.05, 0) is 53.1 Å². The molecule has 0 bridgehead atoms. The quantitative estimate of drug-likeness (QED) is 0.181. The van der Waals surface area contributed by atoms with Gasteiger partial charge in [-0.15, -0.1) is 0 Å². The Kier molecular flexibility index (Phi) is 6.36. The second-order valence-corrected chi connectivity index (χ2v) is 14.2. The number of furan rings is 3. The predicted octanol–water partition coefficient (Wildman–Crippen LogP) is 13.2. The van der Waals surface area contributed by atoms with Crippen molar-refractivity contribution in [3.8, 4) is 45.3 Å². The third-order valence-corrected chi connectivity index (χ3v) is 11.0. The Morgan fingerprint density at radius 3 is 1.98 bits per heavy atom. The van der Waals surface area contributed by atoms with Crippen molar-refractivity contribution in [1.82, 2.24) is 15.0 Å². The normalized spacial score (nSPS) is 12.9. The number of nitrogens with zero attached hydrogens (tertiary/aromatic N) is 3. The lowest BCUT2D eigenvalue weighted by atomic mass is 9.97. The third kappa shape index (κ3) is 4.58. The van der Waals surface area contributed by atoms with E-state index >= 15 is 0 Å². The Labute approximate surface area is 314 Å². The van der Waals surface area contributed by atoms with E-state index in [2.05, 4.69) is 109 Å². The lowest BCUT2D eigenvalue weighted by molar-refractivity contribution is 0.547. The molecule has 0 saturated carbocycles. The number of rotatable bonds is 4. The van der Waals surface area contributed by atoms with Gasteiger partial charge in [-0.3, -0.25) is 0 Å². The maximum atomic E-state index is 6.80. The average molecular weight is 708 g/mol. The predicted molar refractivity (Wildman–Crippen MR) is 221 cm³/mol. The summed E-state index contributed by atoms with van der Waals surface area (Å²) in [6.45, 7) is 0. The summed E-state index contributed by atoms with van der Waals surface area (Å²) in [4.78, 5) is 15.6. The fourth-order valence-corrected chi connectivity index (χ4v) is 8.47. The highest BCUT2D eigenvalue weighted by atomic mass is 16.3. The zero-order valence-electron chi connectivity index (χ0n) is 29.4. The zero-order valence-corrected chi connectivity index (χ0v) is 29.4. The number of allylic oxidation sites excluding steroid dienone is 1. The number of hydrogen-bond acceptors (Lipinski definition) is 6. The van der Waals surface area contributed by atoms with Crippen molar-refractivity contribution >= 4 is 71.7 Å². The van der Waals surface area contributed by atoms with Crippen LogP contribution in [0.4, 0.5) is 0 Å². The molecule has 0 amide bonds. The minimum atomic E-state index is 0.554. The van der Waals surface area contributed by atoms with Gasteiger partial charge in [0.05, 0.1) is 5.56 Å². The minimum Gasteiger partial charge on any atom is -0.460 e. The number of benzene rings is 7. The van der Waals surface area contributed by atoms with Crippen molar-refractivity contribution in [1.29, 1.82) is 0 Å². The largest absolute Gasteiger partial charge is 0.460 e. The number of hydrogen-bond donors (Lipinski definition) is 0. The van der Waals surface area contributed by atoms with Crippen LogP contribution in [-0.2, 0) is 6.42 Å². The van der Waals surface area contributed by atoms with Gasteiger partial charge in [-0.1, -0.05) is 121 Å². The lowest BCUT2D eigenvalue weighted by Crippen LogP contribution is -2.00. The highest BCUT2D eigenvalue weighted by molar-refractivity contribution is 6.19. The number of fused-ring (bicyclic) bond motifs is 10. The molecule has 1 aliphatic carbocycles. The van der Waals surface area contributed by atoms with Crippen LogP contribution in [0.2, 0.25) is 0 Å². The Balaban J connectivity index is 1.11. The van der Waals surface area contributed by atoms with Gasteiger partial charge in [0, 0.05) is 55.6 Å². The highest BCUT2D eigenvalue weighted by Gasteiger charge is 2.23. The van der Waals surface area contributed by atoms with Crippen LogP contribution in [0.5, 0.6) is 0 Å². The summed E-state index contributed by atoms with van der Waals surface area (Å²) in [5, 5.41) is 7.41. The maximum absolute atomic E-state index is 6.80. The van der Waals surface area contributed by atoms with Crippen LogP contribution in [0, 0.1) is 0 Å². The van der Waals surface area contributed by atoms with Gasteiger partial charge < -0.3 is 13.3 Å². The molecular weight excluding hydrogens is 679 g/mol. The molecule has 7 aromatic carbocycles. The first kappa shape index (κ1) is 30.2.